The molecule has 3 heteroatoms. The predicted octanol–water partition coefficient (Wildman–Crippen LogP) is 3.80. The number of benzene rings is 1. The summed E-state index contributed by atoms with van der Waals surface area (Å²) in [6.07, 6.45) is 2.87. The maximum Gasteiger partial charge on any atom is 0.250 e. The van der Waals surface area contributed by atoms with E-state index in [1.165, 1.54) is 22.3 Å². The Bertz CT molecular complexity index is 663. The van der Waals surface area contributed by atoms with Crippen molar-refractivity contribution in [2.75, 3.05) is 5.32 Å². The molecule has 0 amide bonds. The summed E-state index contributed by atoms with van der Waals surface area (Å²) in [5.74, 6) is 0. The predicted molar refractivity (Wildman–Crippen MR) is 89.0 cm³/mol. The summed E-state index contributed by atoms with van der Waals surface area (Å²) in [5, 5.41) is 3.43. The van der Waals surface area contributed by atoms with E-state index < -0.39 is 0 Å². The van der Waals surface area contributed by atoms with E-state index in [0.717, 1.165) is 25.2 Å². The highest BCUT2D eigenvalue weighted by Crippen LogP contribution is 2.18. The van der Waals surface area contributed by atoms with Gasteiger partial charge < -0.3 is 9.88 Å². The summed E-state index contributed by atoms with van der Waals surface area (Å²) in [4.78, 5) is 11.7. The van der Waals surface area contributed by atoms with Crippen LogP contribution < -0.4 is 10.9 Å². The van der Waals surface area contributed by atoms with Gasteiger partial charge in [0.1, 0.15) is 0 Å². The highest BCUT2D eigenvalue weighted by molar-refractivity contribution is 5.44. The van der Waals surface area contributed by atoms with Crippen LogP contribution in [0, 0.1) is 20.8 Å². The highest BCUT2D eigenvalue weighted by Gasteiger charge is 2.04. The molecule has 2 rings (SSSR count). The molecule has 1 heterocycles. The molecule has 0 fully saturated rings. The van der Waals surface area contributed by atoms with Crippen LogP contribution in [0.2, 0.25) is 0 Å². The van der Waals surface area contributed by atoms with E-state index in [2.05, 4.69) is 45.1 Å². The fourth-order valence-electron chi connectivity index (χ4n) is 2.73. The van der Waals surface area contributed by atoms with Gasteiger partial charge >= 0.3 is 0 Å². The molecule has 0 saturated carbocycles. The molecule has 1 N–H and O–H groups in total. The summed E-state index contributed by atoms with van der Waals surface area (Å²) in [7, 11) is 0. The van der Waals surface area contributed by atoms with Crippen LogP contribution in [-0.4, -0.2) is 4.57 Å². The molecule has 0 unspecified atom stereocenters. The fraction of sp³-hybridized carbons (Fsp3) is 0.389. The van der Waals surface area contributed by atoms with E-state index in [4.69, 9.17) is 0 Å². The summed E-state index contributed by atoms with van der Waals surface area (Å²) in [6.45, 7) is 10.0. The maximum absolute atomic E-state index is 11.7. The molecule has 112 valence electrons. The van der Waals surface area contributed by atoms with Crippen LogP contribution in [0.1, 0.15) is 35.6 Å². The van der Waals surface area contributed by atoms with Gasteiger partial charge in [0.05, 0.1) is 5.69 Å². The Morgan fingerprint density at radius 2 is 1.76 bits per heavy atom. The summed E-state index contributed by atoms with van der Waals surface area (Å²) < 4.78 is 1.76. The average molecular weight is 284 g/mol. The lowest BCUT2D eigenvalue weighted by molar-refractivity contribution is 0.655. The third-order valence-corrected chi connectivity index (χ3v) is 3.76. The Kier molecular flexibility index (Phi) is 4.84. The minimum Gasteiger partial charge on any atom is -0.380 e. The van der Waals surface area contributed by atoms with Crippen LogP contribution in [0.25, 0.3) is 0 Å². The van der Waals surface area contributed by atoms with Gasteiger partial charge in [-0.2, -0.15) is 0 Å². The Morgan fingerprint density at radius 1 is 1.10 bits per heavy atom. The lowest BCUT2D eigenvalue weighted by Gasteiger charge is -2.14. The lowest BCUT2D eigenvalue weighted by atomic mass is 10.00. The van der Waals surface area contributed by atoms with Crippen LogP contribution in [-0.2, 0) is 13.1 Å². The van der Waals surface area contributed by atoms with E-state index in [1.54, 1.807) is 10.6 Å². The normalized spacial score (nSPS) is 10.7. The van der Waals surface area contributed by atoms with Crippen LogP contribution in [0.4, 0.5) is 5.69 Å². The summed E-state index contributed by atoms with van der Waals surface area (Å²) >= 11 is 0. The quantitative estimate of drug-likeness (QED) is 0.906. The number of rotatable bonds is 5. The van der Waals surface area contributed by atoms with E-state index >= 15 is 0 Å². The zero-order valence-corrected chi connectivity index (χ0v) is 13.4. The van der Waals surface area contributed by atoms with Crippen LogP contribution in [0.5, 0.6) is 0 Å². The average Bonchev–Trinajstić information content (AvgIpc) is 2.41. The molecule has 1 aromatic heterocycles. The number of anilines is 1. The van der Waals surface area contributed by atoms with Crippen molar-refractivity contribution in [3.63, 3.8) is 0 Å². The van der Waals surface area contributed by atoms with Crippen molar-refractivity contribution in [1.82, 2.24) is 4.57 Å². The Morgan fingerprint density at radius 3 is 2.38 bits per heavy atom. The number of hydrogen-bond acceptors (Lipinski definition) is 2. The number of nitrogens with one attached hydrogen (secondary N) is 1. The smallest absolute Gasteiger partial charge is 0.250 e. The Balaban J connectivity index is 2.17. The minimum absolute atomic E-state index is 0.0603. The molecule has 2 aromatic rings. The summed E-state index contributed by atoms with van der Waals surface area (Å²) in [5.41, 5.74) is 6.29. The maximum atomic E-state index is 11.7. The van der Waals surface area contributed by atoms with Crippen LogP contribution in [0.15, 0.2) is 35.3 Å². The second-order valence-electron chi connectivity index (χ2n) is 5.68. The van der Waals surface area contributed by atoms with E-state index in [-0.39, 0.29) is 5.56 Å². The largest absolute Gasteiger partial charge is 0.380 e. The molecule has 0 aliphatic heterocycles. The van der Waals surface area contributed by atoms with E-state index in [0.29, 0.717) is 0 Å². The SMILES string of the molecule is CCCn1cc(NCc2c(C)cc(C)cc2C)ccc1=O. The highest BCUT2D eigenvalue weighted by atomic mass is 16.1. The Hall–Kier alpha value is -2.03. The molecule has 0 bridgehead atoms. The molecule has 1 aromatic carbocycles. The number of hydrogen-bond donors (Lipinski definition) is 1. The molecule has 0 atom stereocenters. The molecular weight excluding hydrogens is 260 g/mol. The third kappa shape index (κ3) is 3.75. The van der Waals surface area contributed by atoms with Crippen molar-refractivity contribution in [2.24, 2.45) is 0 Å². The molecular formula is C18H24N2O. The summed E-state index contributed by atoms with van der Waals surface area (Å²) in [6, 6.07) is 7.91. The second kappa shape index (κ2) is 6.61. The third-order valence-electron chi connectivity index (χ3n) is 3.76. The second-order valence-corrected chi connectivity index (χ2v) is 5.68. The van der Waals surface area contributed by atoms with E-state index in [9.17, 15) is 4.79 Å². The minimum atomic E-state index is 0.0603. The number of aryl methyl sites for hydroxylation is 4. The first-order valence-corrected chi connectivity index (χ1v) is 7.52. The van der Waals surface area contributed by atoms with Crippen molar-refractivity contribution in [3.8, 4) is 0 Å². The van der Waals surface area contributed by atoms with Gasteiger partial charge in [0.2, 0.25) is 0 Å². The zero-order valence-electron chi connectivity index (χ0n) is 13.4. The standard InChI is InChI=1S/C18H24N2O/c1-5-8-20-12-16(6-7-18(20)21)19-11-17-14(3)9-13(2)10-15(17)4/h6-7,9-10,12,19H,5,8,11H2,1-4H3. The van der Waals surface area contributed by atoms with Crippen molar-refractivity contribution in [1.29, 1.82) is 0 Å². The van der Waals surface area contributed by atoms with Gasteiger partial charge in [0, 0.05) is 25.4 Å². The van der Waals surface area contributed by atoms with Crippen molar-refractivity contribution >= 4 is 5.69 Å². The van der Waals surface area contributed by atoms with Gasteiger partial charge in [-0.25, -0.2) is 0 Å². The number of aromatic nitrogens is 1. The van der Waals surface area contributed by atoms with Crippen LogP contribution in [0.3, 0.4) is 0 Å². The Labute approximate surface area is 126 Å². The van der Waals surface area contributed by atoms with Gasteiger partial charge in [-0.05, 0) is 49.9 Å². The monoisotopic (exact) mass is 284 g/mol. The van der Waals surface area contributed by atoms with Crippen molar-refractivity contribution in [3.05, 3.63) is 63.1 Å². The molecule has 21 heavy (non-hydrogen) atoms. The number of pyridine rings is 1. The molecule has 0 radical (unpaired) electrons. The molecule has 0 aliphatic rings. The molecule has 0 saturated heterocycles. The molecule has 0 spiro atoms. The van der Waals surface area contributed by atoms with Gasteiger partial charge in [0.15, 0.2) is 0 Å². The van der Waals surface area contributed by atoms with Crippen LogP contribution >= 0.6 is 0 Å². The van der Waals surface area contributed by atoms with E-state index in [1.807, 2.05) is 12.3 Å². The fourth-order valence-corrected chi connectivity index (χ4v) is 2.73. The lowest BCUT2D eigenvalue weighted by Crippen LogP contribution is -2.19. The van der Waals surface area contributed by atoms with Gasteiger partial charge in [-0.15, -0.1) is 0 Å². The van der Waals surface area contributed by atoms with Crippen molar-refractivity contribution < 1.29 is 0 Å². The molecule has 0 aliphatic carbocycles. The van der Waals surface area contributed by atoms with Crippen molar-refractivity contribution in [2.45, 2.75) is 47.2 Å². The first kappa shape index (κ1) is 15.4. The topological polar surface area (TPSA) is 34.0 Å². The van der Waals surface area contributed by atoms with Gasteiger partial charge in [-0.1, -0.05) is 24.6 Å². The van der Waals surface area contributed by atoms with Gasteiger partial charge in [-0.3, -0.25) is 4.79 Å². The van der Waals surface area contributed by atoms with Gasteiger partial charge in [0.25, 0.3) is 5.56 Å². The first-order chi connectivity index (χ1) is 10.0. The number of nitrogens with zero attached hydrogens (tertiary/aromatic N) is 1. The zero-order chi connectivity index (χ0) is 15.4. The first-order valence-electron chi connectivity index (χ1n) is 7.52. The molecule has 3 nitrogen and oxygen atoms in total.